The number of nitrogens with zero attached hydrogens (tertiary/aromatic N) is 2. The molecule has 0 unspecified atom stereocenters. The molecule has 0 fully saturated rings. The molecule has 0 aliphatic heterocycles. The van der Waals surface area contributed by atoms with Crippen LogP contribution in [-0.4, -0.2) is 4.92 Å². The second-order valence-electron chi connectivity index (χ2n) is 1.94. The molecule has 0 amide bonds. The molecule has 0 radical (unpaired) electrons. The Kier molecular flexibility index (Phi) is 2.66. The van der Waals surface area contributed by atoms with Gasteiger partial charge < -0.3 is 0 Å². The number of thioether (sulfide) groups is 1. The van der Waals surface area contributed by atoms with Gasteiger partial charge >= 0.3 is 0 Å². The average Bonchev–Trinajstić information content (AvgIpc) is 2.06. The van der Waals surface area contributed by atoms with E-state index >= 15 is 0 Å². The van der Waals surface area contributed by atoms with E-state index in [-0.39, 0.29) is 5.69 Å². The summed E-state index contributed by atoms with van der Waals surface area (Å²) in [6.45, 7) is 0. The summed E-state index contributed by atoms with van der Waals surface area (Å²) in [4.78, 5) is 10.4. The molecule has 1 aromatic carbocycles. The van der Waals surface area contributed by atoms with E-state index in [1.165, 1.54) is 12.1 Å². The quantitative estimate of drug-likeness (QED) is 0.303. The van der Waals surface area contributed by atoms with Crippen molar-refractivity contribution in [3.05, 3.63) is 34.4 Å². The highest BCUT2D eigenvalue weighted by Crippen LogP contribution is 2.19. The maximum absolute atomic E-state index is 10.2. The Morgan fingerprint density at radius 2 is 2.00 bits per heavy atom. The maximum atomic E-state index is 10.2. The molecule has 4 nitrogen and oxygen atoms in total. The van der Waals surface area contributed by atoms with Gasteiger partial charge in [0, 0.05) is 17.0 Å². The second kappa shape index (κ2) is 3.74. The summed E-state index contributed by atoms with van der Waals surface area (Å²) in [6.07, 6.45) is 0. The highest BCUT2D eigenvalue weighted by molar-refractivity contribution is 8.03. The number of thiocyanates is 1. The van der Waals surface area contributed by atoms with Crippen molar-refractivity contribution < 1.29 is 4.92 Å². The van der Waals surface area contributed by atoms with Crippen LogP contribution in [0.4, 0.5) is 5.69 Å². The predicted octanol–water partition coefficient (Wildman–Crippen LogP) is 2.17. The SMILES string of the molecule is N#CSc1ccc([N+](=O)[O-])cc1. The monoisotopic (exact) mass is 180 g/mol. The highest BCUT2D eigenvalue weighted by Gasteiger charge is 2.03. The van der Waals surface area contributed by atoms with Crippen LogP contribution in [0.5, 0.6) is 0 Å². The smallest absolute Gasteiger partial charge is 0.258 e. The van der Waals surface area contributed by atoms with Gasteiger partial charge in [-0.3, -0.25) is 10.1 Å². The number of rotatable bonds is 2. The van der Waals surface area contributed by atoms with Crippen molar-refractivity contribution in [3.8, 4) is 5.40 Å². The van der Waals surface area contributed by atoms with E-state index in [4.69, 9.17) is 5.26 Å². The lowest BCUT2D eigenvalue weighted by Crippen LogP contribution is -1.85. The zero-order valence-corrected chi connectivity index (χ0v) is 6.75. The lowest BCUT2D eigenvalue weighted by Gasteiger charge is -1.91. The first-order chi connectivity index (χ1) is 5.74. The van der Waals surface area contributed by atoms with Gasteiger partial charge in [-0.15, -0.1) is 0 Å². The number of benzene rings is 1. The standard InChI is InChI=1S/C7H4N2O2S/c8-5-12-7-3-1-6(2-4-7)9(10)11/h1-4H. The zero-order chi connectivity index (χ0) is 8.97. The molecule has 0 spiro atoms. The normalized spacial score (nSPS) is 8.92. The predicted molar refractivity (Wildman–Crippen MR) is 44.6 cm³/mol. The van der Waals surface area contributed by atoms with Crippen molar-refractivity contribution in [2.75, 3.05) is 0 Å². The minimum absolute atomic E-state index is 0.0392. The molecule has 5 heteroatoms. The molecule has 0 heterocycles. The van der Waals surface area contributed by atoms with Crippen molar-refractivity contribution in [1.82, 2.24) is 0 Å². The lowest BCUT2D eigenvalue weighted by atomic mass is 10.3. The summed E-state index contributed by atoms with van der Waals surface area (Å²) in [5, 5.41) is 20.4. The second-order valence-corrected chi connectivity index (χ2v) is 2.80. The fourth-order valence-electron chi connectivity index (χ4n) is 0.689. The van der Waals surface area contributed by atoms with Gasteiger partial charge in [0.05, 0.1) is 4.92 Å². The van der Waals surface area contributed by atoms with Crippen molar-refractivity contribution >= 4 is 17.4 Å². The molecule has 60 valence electrons. The third-order valence-electron chi connectivity index (χ3n) is 1.21. The zero-order valence-electron chi connectivity index (χ0n) is 5.93. The van der Waals surface area contributed by atoms with E-state index < -0.39 is 4.92 Å². The largest absolute Gasteiger partial charge is 0.269 e. The van der Waals surface area contributed by atoms with E-state index in [1.54, 1.807) is 12.1 Å². The topological polar surface area (TPSA) is 66.9 Å². The first kappa shape index (κ1) is 8.56. The van der Waals surface area contributed by atoms with Gasteiger partial charge in [-0.1, -0.05) is 0 Å². The van der Waals surface area contributed by atoms with Crippen molar-refractivity contribution in [3.63, 3.8) is 0 Å². The summed E-state index contributed by atoms with van der Waals surface area (Å²) in [6, 6.07) is 5.84. The molecule has 12 heavy (non-hydrogen) atoms. The van der Waals surface area contributed by atoms with Gasteiger partial charge in [-0.05, 0) is 23.9 Å². The Balaban J connectivity index is 2.87. The summed E-state index contributed by atoms with van der Waals surface area (Å²) in [5.41, 5.74) is 0.0392. The Hall–Kier alpha value is -1.54. The van der Waals surface area contributed by atoms with Gasteiger partial charge in [0.1, 0.15) is 5.40 Å². The highest BCUT2D eigenvalue weighted by atomic mass is 32.2. The number of hydrogen-bond donors (Lipinski definition) is 0. The molecule has 0 aliphatic carbocycles. The minimum atomic E-state index is -0.471. The molecule has 0 saturated heterocycles. The van der Waals surface area contributed by atoms with E-state index in [9.17, 15) is 10.1 Å². The molecule has 1 aromatic rings. The number of nitro groups is 1. The van der Waals surface area contributed by atoms with Crippen molar-refractivity contribution in [1.29, 1.82) is 5.26 Å². The lowest BCUT2D eigenvalue weighted by molar-refractivity contribution is -0.384. The van der Waals surface area contributed by atoms with Crippen LogP contribution in [0.15, 0.2) is 29.2 Å². The molecule has 0 saturated carbocycles. The van der Waals surface area contributed by atoms with Gasteiger partial charge in [-0.2, -0.15) is 5.26 Å². The van der Waals surface area contributed by atoms with Crippen LogP contribution in [0, 0.1) is 20.8 Å². The Morgan fingerprint density at radius 3 is 2.42 bits per heavy atom. The van der Waals surface area contributed by atoms with Gasteiger partial charge in [-0.25, -0.2) is 0 Å². The maximum Gasteiger partial charge on any atom is 0.269 e. The summed E-state index contributed by atoms with van der Waals surface area (Å²) >= 11 is 0.979. The van der Waals surface area contributed by atoms with Crippen LogP contribution in [0.1, 0.15) is 0 Å². The number of non-ortho nitro benzene ring substituents is 1. The van der Waals surface area contributed by atoms with Crippen LogP contribution in [-0.2, 0) is 0 Å². The van der Waals surface area contributed by atoms with E-state index in [2.05, 4.69) is 0 Å². The van der Waals surface area contributed by atoms with E-state index in [0.717, 1.165) is 11.8 Å². The van der Waals surface area contributed by atoms with Crippen LogP contribution in [0.3, 0.4) is 0 Å². The Labute approximate surface area is 73.0 Å². The van der Waals surface area contributed by atoms with Crippen molar-refractivity contribution in [2.45, 2.75) is 4.90 Å². The van der Waals surface area contributed by atoms with E-state index in [0.29, 0.717) is 4.90 Å². The molecular formula is C7H4N2O2S. The van der Waals surface area contributed by atoms with Gasteiger partial charge in [0.2, 0.25) is 0 Å². The molecule has 1 rings (SSSR count). The molecule has 0 aliphatic rings. The summed E-state index contributed by atoms with van der Waals surface area (Å²) < 4.78 is 0. The van der Waals surface area contributed by atoms with Crippen LogP contribution in [0.25, 0.3) is 0 Å². The first-order valence-corrected chi connectivity index (χ1v) is 3.86. The average molecular weight is 180 g/mol. The van der Waals surface area contributed by atoms with Crippen LogP contribution < -0.4 is 0 Å². The van der Waals surface area contributed by atoms with Gasteiger partial charge in [0.25, 0.3) is 5.69 Å². The fraction of sp³-hybridized carbons (Fsp3) is 0. The molecule has 0 atom stereocenters. The van der Waals surface area contributed by atoms with Crippen LogP contribution in [0.2, 0.25) is 0 Å². The van der Waals surface area contributed by atoms with Gasteiger partial charge in [0.15, 0.2) is 0 Å². The number of hydrogen-bond acceptors (Lipinski definition) is 4. The Bertz CT molecular complexity index is 328. The number of nitriles is 1. The Morgan fingerprint density at radius 1 is 1.42 bits per heavy atom. The third kappa shape index (κ3) is 1.97. The molecular weight excluding hydrogens is 176 g/mol. The fourth-order valence-corrected chi connectivity index (χ4v) is 1.07. The van der Waals surface area contributed by atoms with Crippen LogP contribution >= 0.6 is 11.8 Å². The van der Waals surface area contributed by atoms with Crippen molar-refractivity contribution in [2.24, 2.45) is 0 Å². The summed E-state index contributed by atoms with van der Waals surface area (Å²) in [7, 11) is 0. The summed E-state index contributed by atoms with van der Waals surface area (Å²) in [5.74, 6) is 0. The first-order valence-electron chi connectivity index (χ1n) is 3.04. The number of nitro benzene ring substituents is 1. The molecule has 0 bridgehead atoms. The third-order valence-corrected chi connectivity index (χ3v) is 1.81. The molecule has 0 aromatic heterocycles. The van der Waals surface area contributed by atoms with E-state index in [1.807, 2.05) is 5.40 Å². The minimum Gasteiger partial charge on any atom is -0.258 e. The molecule has 0 N–H and O–H groups in total.